The molecule has 1 amide bonds. The van der Waals surface area contributed by atoms with Gasteiger partial charge in [0.15, 0.2) is 0 Å². The third kappa shape index (κ3) is 8.43. The van der Waals surface area contributed by atoms with E-state index in [0.717, 1.165) is 18.1 Å². The zero-order chi connectivity index (χ0) is 10.8. The van der Waals surface area contributed by atoms with E-state index in [1.807, 2.05) is 0 Å². The summed E-state index contributed by atoms with van der Waals surface area (Å²) in [6, 6.07) is 0. The van der Waals surface area contributed by atoms with Crippen LogP contribution in [0.3, 0.4) is 0 Å². The number of hydrogen-bond acceptors (Lipinski definition) is 5. The summed E-state index contributed by atoms with van der Waals surface area (Å²) in [7, 11) is 3.52. The highest BCUT2D eigenvalue weighted by Gasteiger charge is 1.99. The fraction of sp³-hybridized carbons (Fsp3) is 0.625. The van der Waals surface area contributed by atoms with Gasteiger partial charge in [-0.15, -0.1) is 0 Å². The lowest BCUT2D eigenvalue weighted by molar-refractivity contribution is -0.114. The van der Waals surface area contributed by atoms with Gasteiger partial charge in [-0.1, -0.05) is 28.2 Å². The molecule has 0 aliphatic heterocycles. The Balaban J connectivity index is 3.13. The van der Waals surface area contributed by atoms with Crippen LogP contribution in [-0.2, 0) is 4.79 Å². The molecule has 0 rings (SSSR count). The van der Waals surface area contributed by atoms with Crippen molar-refractivity contribution < 1.29 is 4.79 Å². The van der Waals surface area contributed by atoms with Gasteiger partial charge < -0.3 is 16.8 Å². The van der Waals surface area contributed by atoms with Crippen molar-refractivity contribution in [1.29, 1.82) is 0 Å². The lowest BCUT2D eigenvalue weighted by atomic mass is 10.3. The zero-order valence-corrected chi connectivity index (χ0v) is 9.76. The molecule has 6 heteroatoms. The Morgan fingerprint density at radius 2 is 2.00 bits per heavy atom. The van der Waals surface area contributed by atoms with Crippen LogP contribution in [-0.4, -0.2) is 37.0 Å². The maximum Gasteiger partial charge on any atom is 0.245 e. The Bertz CT molecular complexity index is 187. The molecule has 0 aromatic carbocycles. The van der Waals surface area contributed by atoms with E-state index in [4.69, 9.17) is 11.5 Å². The minimum absolute atomic E-state index is 0.421. The molecule has 0 aliphatic carbocycles. The Morgan fingerprint density at radius 1 is 1.36 bits per heavy atom. The van der Waals surface area contributed by atoms with Crippen LogP contribution in [0.15, 0.2) is 12.2 Å². The SMILES string of the molecule is C=C(CNCCSSCCN)C(N)=O. The third-order valence-corrected chi connectivity index (χ3v) is 3.77. The summed E-state index contributed by atoms with van der Waals surface area (Å²) in [5.74, 6) is 1.51. The monoisotopic (exact) mass is 235 g/mol. The lowest BCUT2D eigenvalue weighted by Gasteiger charge is -2.04. The molecule has 82 valence electrons. The number of carbonyl (C=O) groups excluding carboxylic acids is 1. The van der Waals surface area contributed by atoms with Crippen molar-refractivity contribution >= 4 is 27.5 Å². The average molecular weight is 235 g/mol. The van der Waals surface area contributed by atoms with Crippen molar-refractivity contribution in [2.24, 2.45) is 11.5 Å². The van der Waals surface area contributed by atoms with Gasteiger partial charge in [0, 0.05) is 36.7 Å². The average Bonchev–Trinajstić information content (AvgIpc) is 2.16. The Kier molecular flexibility index (Phi) is 9.27. The summed E-state index contributed by atoms with van der Waals surface area (Å²) >= 11 is 0. The molecule has 4 nitrogen and oxygen atoms in total. The van der Waals surface area contributed by atoms with Gasteiger partial charge in [-0.05, 0) is 0 Å². The Morgan fingerprint density at radius 3 is 2.57 bits per heavy atom. The normalized spacial score (nSPS) is 10.1. The number of rotatable bonds is 9. The van der Waals surface area contributed by atoms with E-state index < -0.39 is 5.91 Å². The molecule has 0 aliphatic rings. The summed E-state index contributed by atoms with van der Waals surface area (Å²) in [6.45, 7) is 5.56. The molecule has 14 heavy (non-hydrogen) atoms. The fourth-order valence-electron chi connectivity index (χ4n) is 0.606. The van der Waals surface area contributed by atoms with Gasteiger partial charge in [0.2, 0.25) is 5.91 Å². The minimum Gasteiger partial charge on any atom is -0.366 e. The van der Waals surface area contributed by atoms with Gasteiger partial charge in [0.05, 0.1) is 0 Å². The van der Waals surface area contributed by atoms with E-state index in [1.54, 1.807) is 21.6 Å². The number of amides is 1. The predicted octanol–water partition coefficient (Wildman–Crippen LogP) is -0.0424. The Hall–Kier alpha value is -0.170. The summed E-state index contributed by atoms with van der Waals surface area (Å²) < 4.78 is 0. The standard InChI is InChI=1S/C8H17N3OS2/c1-7(8(10)12)6-11-3-5-14-13-4-2-9/h11H,1-6,9H2,(H2,10,12). The van der Waals surface area contributed by atoms with Gasteiger partial charge in [-0.2, -0.15) is 0 Å². The first kappa shape index (κ1) is 13.8. The van der Waals surface area contributed by atoms with E-state index in [0.29, 0.717) is 18.7 Å². The van der Waals surface area contributed by atoms with Crippen molar-refractivity contribution in [2.75, 3.05) is 31.1 Å². The quantitative estimate of drug-likeness (QED) is 0.297. The van der Waals surface area contributed by atoms with Crippen LogP contribution in [0.25, 0.3) is 0 Å². The molecule has 0 aromatic rings. The van der Waals surface area contributed by atoms with E-state index >= 15 is 0 Å². The fourth-order valence-corrected chi connectivity index (χ4v) is 2.41. The van der Waals surface area contributed by atoms with Crippen LogP contribution in [0.1, 0.15) is 0 Å². The second-order valence-electron chi connectivity index (χ2n) is 2.58. The van der Waals surface area contributed by atoms with Gasteiger partial charge in [-0.3, -0.25) is 4.79 Å². The van der Waals surface area contributed by atoms with Crippen LogP contribution in [0.4, 0.5) is 0 Å². The second-order valence-corrected chi connectivity index (χ2v) is 5.28. The molecule has 0 spiro atoms. The van der Waals surface area contributed by atoms with Gasteiger partial charge in [-0.25, -0.2) is 0 Å². The number of primary amides is 1. The maximum absolute atomic E-state index is 10.6. The van der Waals surface area contributed by atoms with E-state index in [-0.39, 0.29) is 0 Å². The first-order chi connectivity index (χ1) is 6.68. The second kappa shape index (κ2) is 9.39. The highest BCUT2D eigenvalue weighted by Crippen LogP contribution is 2.18. The minimum atomic E-state index is -0.442. The van der Waals surface area contributed by atoms with Crippen LogP contribution in [0.5, 0.6) is 0 Å². The van der Waals surface area contributed by atoms with E-state index in [1.165, 1.54) is 0 Å². The van der Waals surface area contributed by atoms with E-state index in [9.17, 15) is 4.79 Å². The first-order valence-electron chi connectivity index (χ1n) is 4.31. The van der Waals surface area contributed by atoms with Crippen LogP contribution >= 0.6 is 21.6 Å². The molecule has 0 saturated carbocycles. The van der Waals surface area contributed by atoms with Crippen molar-refractivity contribution in [3.05, 3.63) is 12.2 Å². The van der Waals surface area contributed by atoms with Crippen molar-refractivity contribution in [3.63, 3.8) is 0 Å². The molecule has 0 saturated heterocycles. The summed E-state index contributed by atoms with van der Waals surface area (Å²) in [6.07, 6.45) is 0. The number of nitrogens with one attached hydrogen (secondary N) is 1. The molecule has 5 N–H and O–H groups in total. The Labute approximate surface area is 92.6 Å². The predicted molar refractivity (Wildman–Crippen MR) is 65.2 cm³/mol. The smallest absolute Gasteiger partial charge is 0.245 e. The van der Waals surface area contributed by atoms with Crippen molar-refractivity contribution in [1.82, 2.24) is 5.32 Å². The molecular formula is C8H17N3OS2. The molecule has 0 radical (unpaired) electrons. The topological polar surface area (TPSA) is 81.1 Å². The van der Waals surface area contributed by atoms with Gasteiger partial charge in [0.1, 0.15) is 0 Å². The number of hydrogen-bond donors (Lipinski definition) is 3. The molecule has 0 heterocycles. The van der Waals surface area contributed by atoms with Gasteiger partial charge >= 0.3 is 0 Å². The molecule has 0 aromatic heterocycles. The van der Waals surface area contributed by atoms with Crippen LogP contribution in [0, 0.1) is 0 Å². The lowest BCUT2D eigenvalue weighted by Crippen LogP contribution is -2.26. The third-order valence-electron chi connectivity index (χ3n) is 1.33. The van der Waals surface area contributed by atoms with E-state index in [2.05, 4.69) is 11.9 Å². The van der Waals surface area contributed by atoms with Crippen molar-refractivity contribution in [2.45, 2.75) is 0 Å². The maximum atomic E-state index is 10.6. The number of nitrogens with two attached hydrogens (primary N) is 2. The highest BCUT2D eigenvalue weighted by atomic mass is 33.1. The number of carbonyl (C=O) groups is 1. The van der Waals surface area contributed by atoms with Crippen LogP contribution in [0.2, 0.25) is 0 Å². The van der Waals surface area contributed by atoms with Gasteiger partial charge in [0.25, 0.3) is 0 Å². The van der Waals surface area contributed by atoms with Crippen LogP contribution < -0.4 is 16.8 Å². The van der Waals surface area contributed by atoms with Crippen molar-refractivity contribution in [3.8, 4) is 0 Å². The highest BCUT2D eigenvalue weighted by molar-refractivity contribution is 8.76. The summed E-state index contributed by atoms with van der Waals surface area (Å²) in [5.41, 5.74) is 10.8. The molecule has 0 bridgehead atoms. The zero-order valence-electron chi connectivity index (χ0n) is 8.12. The largest absolute Gasteiger partial charge is 0.366 e. The summed E-state index contributed by atoms with van der Waals surface area (Å²) in [5, 5.41) is 3.08. The molecule has 0 atom stereocenters. The summed E-state index contributed by atoms with van der Waals surface area (Å²) in [4.78, 5) is 10.6. The molecular weight excluding hydrogens is 218 g/mol. The first-order valence-corrected chi connectivity index (χ1v) is 6.80. The molecule has 0 unspecified atom stereocenters. The molecule has 0 fully saturated rings.